The second-order valence-corrected chi connectivity index (χ2v) is 11.9. The van der Waals surface area contributed by atoms with Crippen LogP contribution < -0.4 is 0 Å². The molecule has 12 heteroatoms. The molecule has 0 bridgehead atoms. The fourth-order valence-electron chi connectivity index (χ4n) is 4.28. The van der Waals surface area contributed by atoms with Gasteiger partial charge in [-0.15, -0.1) is 0 Å². The van der Waals surface area contributed by atoms with Crippen molar-refractivity contribution in [3.63, 3.8) is 0 Å². The van der Waals surface area contributed by atoms with E-state index >= 15 is 0 Å². The van der Waals surface area contributed by atoms with Crippen molar-refractivity contribution in [2.45, 2.75) is 153 Å². The Morgan fingerprint density at radius 3 is 1.30 bits per heavy atom. The van der Waals surface area contributed by atoms with Crippen molar-refractivity contribution >= 4 is 34.0 Å². The zero-order valence-electron chi connectivity index (χ0n) is 24.2. The lowest BCUT2D eigenvalue weighted by Gasteiger charge is -2.19. The number of carbonyl (C=O) groups excluding carboxylic acids is 2. The van der Waals surface area contributed by atoms with Crippen LogP contribution in [0.4, 0.5) is 0 Å². The molecule has 0 radical (unpaired) electrons. The monoisotopic (exact) mass is 594 g/mol. The van der Waals surface area contributed by atoms with E-state index in [1.165, 1.54) is 6.42 Å². The van der Waals surface area contributed by atoms with Crippen LogP contribution in [0.3, 0.4) is 0 Å². The number of carbonyl (C=O) groups is 4. The third-order valence-electron chi connectivity index (χ3n) is 6.70. The van der Waals surface area contributed by atoms with Gasteiger partial charge in [0, 0.05) is 0 Å². The lowest BCUT2D eigenvalue weighted by molar-refractivity contribution is -0.168. The van der Waals surface area contributed by atoms with E-state index in [2.05, 4.69) is 13.8 Å². The van der Waals surface area contributed by atoms with Gasteiger partial charge >= 0.3 is 23.9 Å². The van der Waals surface area contributed by atoms with Gasteiger partial charge in [-0.1, -0.05) is 104 Å². The highest BCUT2D eigenvalue weighted by Gasteiger charge is 2.39. The number of rotatable bonds is 26. The SMILES string of the molecule is CCCCCCCCCCC(OC(=O)CC(C(=O)OC(CCCCCCCCCC)C(=O)O)S(=O)(=O)O)C(=O)O. The normalized spacial score (nSPS) is 13.8. The molecular weight excluding hydrogens is 544 g/mol. The number of hydrogen-bond donors (Lipinski definition) is 3. The highest BCUT2D eigenvalue weighted by Crippen LogP contribution is 2.17. The highest BCUT2D eigenvalue weighted by atomic mass is 32.2. The molecule has 0 aromatic carbocycles. The quantitative estimate of drug-likeness (QED) is 0.0635. The summed E-state index contributed by atoms with van der Waals surface area (Å²) in [6.45, 7) is 4.24. The standard InChI is InChI=1S/C28H50O11S/c1-3-5-7-9-11-13-15-17-19-22(26(30)31)38-25(29)21-24(40(35,36)37)28(34)39-23(27(32)33)20-18-16-14-12-10-8-6-4-2/h22-24H,3-21H2,1-2H3,(H,30,31)(H,32,33)(H,35,36,37). The van der Waals surface area contributed by atoms with E-state index in [1.807, 2.05) is 0 Å². The van der Waals surface area contributed by atoms with Gasteiger partial charge in [-0.2, -0.15) is 8.42 Å². The Hall–Kier alpha value is -2.21. The molecule has 0 fully saturated rings. The predicted molar refractivity (Wildman–Crippen MR) is 149 cm³/mol. The third kappa shape index (κ3) is 19.0. The summed E-state index contributed by atoms with van der Waals surface area (Å²) in [5.74, 6) is -5.84. The summed E-state index contributed by atoms with van der Waals surface area (Å²) >= 11 is 0. The summed E-state index contributed by atoms with van der Waals surface area (Å²) in [4.78, 5) is 47.9. The topological polar surface area (TPSA) is 182 Å². The van der Waals surface area contributed by atoms with Crippen LogP contribution in [0.5, 0.6) is 0 Å². The zero-order chi connectivity index (χ0) is 30.4. The van der Waals surface area contributed by atoms with Crippen molar-refractivity contribution in [3.8, 4) is 0 Å². The van der Waals surface area contributed by atoms with E-state index in [-0.39, 0.29) is 12.8 Å². The number of carboxylic acids is 2. The van der Waals surface area contributed by atoms with Gasteiger partial charge in [0.05, 0.1) is 6.42 Å². The molecule has 0 heterocycles. The molecule has 0 aromatic heterocycles. The molecule has 0 aliphatic rings. The van der Waals surface area contributed by atoms with Crippen LogP contribution in [-0.4, -0.2) is 64.5 Å². The molecule has 0 rings (SSSR count). The minimum Gasteiger partial charge on any atom is -0.479 e. The molecular formula is C28H50O11S. The smallest absolute Gasteiger partial charge is 0.345 e. The fourth-order valence-corrected chi connectivity index (χ4v) is 4.92. The number of aliphatic carboxylic acids is 2. The Labute approximate surface area is 239 Å². The third-order valence-corrected chi connectivity index (χ3v) is 7.78. The zero-order valence-corrected chi connectivity index (χ0v) is 25.0. The summed E-state index contributed by atoms with van der Waals surface area (Å²) in [5, 5.41) is 16.3. The van der Waals surface area contributed by atoms with E-state index in [1.54, 1.807) is 0 Å². The first kappa shape index (κ1) is 37.8. The van der Waals surface area contributed by atoms with Gasteiger partial charge < -0.3 is 19.7 Å². The van der Waals surface area contributed by atoms with Gasteiger partial charge in [0.1, 0.15) is 0 Å². The van der Waals surface area contributed by atoms with Crippen LogP contribution in [0.15, 0.2) is 0 Å². The maximum Gasteiger partial charge on any atom is 0.345 e. The molecule has 11 nitrogen and oxygen atoms in total. The van der Waals surface area contributed by atoms with Crippen molar-refractivity contribution in [2.75, 3.05) is 0 Å². The van der Waals surface area contributed by atoms with Crippen LogP contribution in [0.25, 0.3) is 0 Å². The van der Waals surface area contributed by atoms with Crippen molar-refractivity contribution in [3.05, 3.63) is 0 Å². The second kappa shape index (κ2) is 22.5. The van der Waals surface area contributed by atoms with Gasteiger partial charge in [-0.25, -0.2) is 9.59 Å². The molecule has 0 aliphatic heterocycles. The number of unbranched alkanes of at least 4 members (excludes halogenated alkanes) is 14. The van der Waals surface area contributed by atoms with E-state index in [4.69, 9.17) is 9.47 Å². The first-order valence-electron chi connectivity index (χ1n) is 14.8. The summed E-state index contributed by atoms with van der Waals surface area (Å²) in [7, 11) is -5.18. The number of ether oxygens (including phenoxy) is 2. The maximum absolute atomic E-state index is 12.5. The largest absolute Gasteiger partial charge is 0.479 e. The minimum atomic E-state index is -5.18. The lowest BCUT2D eigenvalue weighted by Crippen LogP contribution is -2.39. The summed E-state index contributed by atoms with van der Waals surface area (Å²) in [6, 6.07) is 0. The average molecular weight is 595 g/mol. The van der Waals surface area contributed by atoms with Crippen LogP contribution in [0, 0.1) is 0 Å². The maximum atomic E-state index is 12.5. The molecule has 0 aliphatic carbocycles. The molecule has 0 aromatic rings. The van der Waals surface area contributed by atoms with Crippen LogP contribution >= 0.6 is 0 Å². The predicted octanol–water partition coefficient (Wildman–Crippen LogP) is 5.69. The van der Waals surface area contributed by atoms with Gasteiger partial charge in [-0.05, 0) is 25.7 Å². The molecule has 40 heavy (non-hydrogen) atoms. The van der Waals surface area contributed by atoms with E-state index in [0.29, 0.717) is 19.3 Å². The molecule has 0 amide bonds. The Morgan fingerprint density at radius 1 is 0.600 bits per heavy atom. The summed E-state index contributed by atoms with van der Waals surface area (Å²) < 4.78 is 42.8. The Balaban J connectivity index is 4.82. The van der Waals surface area contributed by atoms with Crippen molar-refractivity contribution in [1.29, 1.82) is 0 Å². The fraction of sp³-hybridized carbons (Fsp3) is 0.857. The van der Waals surface area contributed by atoms with Crippen LogP contribution in [-0.2, 0) is 38.8 Å². The average Bonchev–Trinajstić information content (AvgIpc) is 2.87. The van der Waals surface area contributed by atoms with Crippen molar-refractivity contribution in [2.24, 2.45) is 0 Å². The molecule has 3 N–H and O–H groups in total. The number of esters is 2. The van der Waals surface area contributed by atoms with Crippen LogP contribution in [0.2, 0.25) is 0 Å². The summed E-state index contributed by atoms with van der Waals surface area (Å²) in [5.41, 5.74) is 0. The van der Waals surface area contributed by atoms with E-state index in [9.17, 15) is 42.4 Å². The Kier molecular flexibility index (Phi) is 21.2. The van der Waals surface area contributed by atoms with Gasteiger partial charge in [0.15, 0.2) is 17.5 Å². The molecule has 3 unspecified atom stereocenters. The number of hydrogen-bond acceptors (Lipinski definition) is 8. The molecule has 3 atom stereocenters. The van der Waals surface area contributed by atoms with Crippen LogP contribution in [0.1, 0.15) is 136 Å². The highest BCUT2D eigenvalue weighted by molar-refractivity contribution is 7.87. The Bertz CT molecular complexity index is 841. The Morgan fingerprint density at radius 2 is 0.950 bits per heavy atom. The minimum absolute atomic E-state index is 0.0106. The second-order valence-electron chi connectivity index (χ2n) is 10.3. The molecule has 0 spiro atoms. The van der Waals surface area contributed by atoms with Gasteiger partial charge in [0.2, 0.25) is 0 Å². The van der Waals surface area contributed by atoms with Gasteiger partial charge in [0.25, 0.3) is 10.1 Å². The van der Waals surface area contributed by atoms with E-state index < -0.39 is 57.9 Å². The van der Waals surface area contributed by atoms with Crippen molar-refractivity contribution in [1.82, 2.24) is 0 Å². The lowest BCUT2D eigenvalue weighted by atomic mass is 10.1. The molecule has 234 valence electrons. The first-order valence-corrected chi connectivity index (χ1v) is 16.3. The van der Waals surface area contributed by atoms with Crippen molar-refractivity contribution < 1.29 is 51.8 Å². The number of carboxylic acid groups (broad SMARTS) is 2. The first-order chi connectivity index (χ1) is 18.9. The molecule has 0 saturated carbocycles. The molecule has 0 saturated heterocycles. The van der Waals surface area contributed by atoms with E-state index in [0.717, 1.165) is 77.0 Å². The van der Waals surface area contributed by atoms with Gasteiger partial charge in [-0.3, -0.25) is 14.1 Å². The summed E-state index contributed by atoms with van der Waals surface area (Å²) in [6.07, 6.45) is 10.8.